The molecule has 0 N–H and O–H groups in total. The Balaban J connectivity index is 1.03. The second kappa shape index (κ2) is 12.9. The first kappa shape index (κ1) is 32.4. The second-order valence-electron chi connectivity index (χ2n) is 14.8. The predicted molar refractivity (Wildman–Crippen MR) is 239 cm³/mol. The van der Waals surface area contributed by atoms with E-state index >= 15 is 0 Å². The largest absolute Gasteiger partial charge is 0.456 e. The number of benzene rings is 9. The Morgan fingerprint density at radius 1 is 0.293 bits per heavy atom. The molecular formula is C54H33NO3. The molecule has 0 amide bonds. The molecule has 0 unspecified atom stereocenters. The lowest BCUT2D eigenvalue weighted by Crippen LogP contribution is -2.10. The zero-order chi connectivity index (χ0) is 38.2. The van der Waals surface area contributed by atoms with Gasteiger partial charge in [-0.3, -0.25) is 0 Å². The maximum absolute atomic E-state index is 6.89. The van der Waals surface area contributed by atoms with Gasteiger partial charge in [-0.15, -0.1) is 0 Å². The van der Waals surface area contributed by atoms with Gasteiger partial charge in [0.1, 0.15) is 33.5 Å². The molecule has 4 nitrogen and oxygen atoms in total. The smallest absolute Gasteiger partial charge is 0.145 e. The number of nitrogens with zero attached hydrogens (tertiary/aromatic N) is 1. The van der Waals surface area contributed by atoms with Gasteiger partial charge in [0.2, 0.25) is 0 Å². The third-order valence-electron chi connectivity index (χ3n) is 11.5. The Morgan fingerprint density at radius 3 is 1.64 bits per heavy atom. The second-order valence-corrected chi connectivity index (χ2v) is 14.8. The van der Waals surface area contributed by atoms with Crippen LogP contribution in [0.3, 0.4) is 0 Å². The van der Waals surface area contributed by atoms with Crippen LogP contribution in [0.5, 0.6) is 0 Å². The van der Waals surface area contributed by atoms with Crippen molar-refractivity contribution >= 4 is 82.9 Å². The van der Waals surface area contributed by atoms with Crippen molar-refractivity contribution in [1.82, 2.24) is 0 Å². The molecular weight excluding hydrogens is 711 g/mol. The highest BCUT2D eigenvalue weighted by Gasteiger charge is 2.24. The van der Waals surface area contributed by atoms with Crippen LogP contribution in [-0.2, 0) is 0 Å². The highest BCUT2D eigenvalue weighted by molar-refractivity contribution is 6.18. The fraction of sp³-hybridized carbons (Fsp3) is 0. The number of rotatable bonds is 6. The van der Waals surface area contributed by atoms with Gasteiger partial charge in [0.15, 0.2) is 0 Å². The van der Waals surface area contributed by atoms with Gasteiger partial charge in [0, 0.05) is 49.4 Å². The molecule has 12 rings (SSSR count). The van der Waals surface area contributed by atoms with Gasteiger partial charge in [-0.1, -0.05) is 133 Å². The fourth-order valence-corrected chi connectivity index (χ4v) is 8.84. The minimum absolute atomic E-state index is 0.838. The third-order valence-corrected chi connectivity index (χ3v) is 11.5. The first-order chi connectivity index (χ1) is 28.8. The van der Waals surface area contributed by atoms with Crippen molar-refractivity contribution in [2.45, 2.75) is 0 Å². The summed E-state index contributed by atoms with van der Waals surface area (Å²) in [5.74, 6) is 0. The summed E-state index contributed by atoms with van der Waals surface area (Å²) in [6, 6.07) is 70.1. The van der Waals surface area contributed by atoms with Crippen LogP contribution in [0.4, 0.5) is 17.1 Å². The molecule has 12 aromatic rings. The van der Waals surface area contributed by atoms with E-state index in [1.807, 2.05) is 30.3 Å². The van der Waals surface area contributed by atoms with Crippen LogP contribution in [0, 0.1) is 0 Å². The average molecular weight is 744 g/mol. The van der Waals surface area contributed by atoms with Crippen LogP contribution in [0.2, 0.25) is 0 Å². The molecule has 272 valence electrons. The van der Waals surface area contributed by atoms with E-state index in [4.69, 9.17) is 13.3 Å². The van der Waals surface area contributed by atoms with E-state index in [1.54, 1.807) is 0 Å². The van der Waals surface area contributed by atoms with Crippen molar-refractivity contribution in [1.29, 1.82) is 0 Å². The zero-order valence-corrected chi connectivity index (χ0v) is 31.2. The van der Waals surface area contributed by atoms with E-state index in [0.717, 1.165) is 116 Å². The summed E-state index contributed by atoms with van der Waals surface area (Å²) in [6.45, 7) is 0. The number of hydrogen-bond donors (Lipinski definition) is 0. The number of furan rings is 3. The molecule has 0 aliphatic rings. The Bertz CT molecular complexity index is 3520. The van der Waals surface area contributed by atoms with Crippen molar-refractivity contribution < 1.29 is 13.3 Å². The van der Waals surface area contributed by atoms with Crippen molar-refractivity contribution in [3.63, 3.8) is 0 Å². The Kier molecular flexibility index (Phi) is 7.20. The SMILES string of the molecule is c1ccc(N(c2ccc(-c3cccc4c3oc3ccccc34)cc2)c2ccc(-c3ccccc3-c3ccc4c(c3)oc3ccccc34)c3oc4ccccc4c23)cc1. The molecule has 0 spiro atoms. The molecule has 4 heteroatoms. The highest BCUT2D eigenvalue weighted by atomic mass is 16.3. The summed E-state index contributed by atoms with van der Waals surface area (Å²) >= 11 is 0. The lowest BCUT2D eigenvalue weighted by molar-refractivity contribution is 0.669. The molecule has 0 aliphatic heterocycles. The van der Waals surface area contributed by atoms with E-state index in [9.17, 15) is 0 Å². The van der Waals surface area contributed by atoms with E-state index in [0.29, 0.717) is 0 Å². The molecule has 0 bridgehead atoms. The van der Waals surface area contributed by atoms with E-state index < -0.39 is 0 Å². The van der Waals surface area contributed by atoms with Gasteiger partial charge in [-0.2, -0.15) is 0 Å². The van der Waals surface area contributed by atoms with Gasteiger partial charge in [-0.05, 0) is 89.0 Å². The molecule has 3 aromatic heterocycles. The number of anilines is 3. The molecule has 3 heterocycles. The molecule has 0 aliphatic carbocycles. The maximum Gasteiger partial charge on any atom is 0.145 e. The topological polar surface area (TPSA) is 42.7 Å². The number of para-hydroxylation sites is 5. The van der Waals surface area contributed by atoms with E-state index in [-0.39, 0.29) is 0 Å². The van der Waals surface area contributed by atoms with Crippen LogP contribution in [0.1, 0.15) is 0 Å². The minimum atomic E-state index is 0.838. The molecule has 9 aromatic carbocycles. The lowest BCUT2D eigenvalue weighted by atomic mass is 9.92. The van der Waals surface area contributed by atoms with Gasteiger partial charge in [0.05, 0.1) is 11.1 Å². The summed E-state index contributed by atoms with van der Waals surface area (Å²) in [4.78, 5) is 2.33. The third kappa shape index (κ3) is 5.02. The Hall–Kier alpha value is -7.82. The first-order valence-corrected chi connectivity index (χ1v) is 19.6. The standard InChI is InChI=1S/C54H33NO3/c1-2-13-36(14-3-1)55(37-28-25-34(26-29-37)39-20-12-21-44-42-18-7-10-23-49(42)57-53(39)44)47-32-31-45(54-52(47)46-19-8-11-24-50(46)58-54)40-16-5-4-15-38(40)35-27-30-43-41-17-6-9-22-48(41)56-51(43)33-35/h1-33H. The molecule has 0 saturated heterocycles. The highest BCUT2D eigenvalue weighted by Crippen LogP contribution is 2.48. The summed E-state index contributed by atoms with van der Waals surface area (Å²) < 4.78 is 19.6. The summed E-state index contributed by atoms with van der Waals surface area (Å²) in [5, 5.41) is 6.59. The van der Waals surface area contributed by atoms with Crippen LogP contribution in [0.25, 0.3) is 99.2 Å². The minimum Gasteiger partial charge on any atom is -0.456 e. The van der Waals surface area contributed by atoms with Gasteiger partial charge in [-0.25, -0.2) is 0 Å². The van der Waals surface area contributed by atoms with Crippen molar-refractivity contribution in [3.8, 4) is 33.4 Å². The first-order valence-electron chi connectivity index (χ1n) is 19.6. The van der Waals surface area contributed by atoms with Crippen molar-refractivity contribution in [3.05, 3.63) is 200 Å². The molecule has 0 radical (unpaired) electrons. The molecule has 0 saturated carbocycles. The van der Waals surface area contributed by atoms with Gasteiger partial charge in [0.25, 0.3) is 0 Å². The quantitative estimate of drug-likeness (QED) is 0.170. The summed E-state index contributed by atoms with van der Waals surface area (Å²) in [7, 11) is 0. The zero-order valence-electron chi connectivity index (χ0n) is 31.2. The monoisotopic (exact) mass is 743 g/mol. The summed E-state index contributed by atoms with van der Waals surface area (Å²) in [6.07, 6.45) is 0. The fourth-order valence-electron chi connectivity index (χ4n) is 8.84. The Morgan fingerprint density at radius 2 is 0.845 bits per heavy atom. The lowest BCUT2D eigenvalue weighted by Gasteiger charge is -2.27. The average Bonchev–Trinajstić information content (AvgIpc) is 3.99. The Labute approximate surface area is 333 Å². The van der Waals surface area contributed by atoms with E-state index in [1.165, 1.54) is 0 Å². The van der Waals surface area contributed by atoms with E-state index in [2.05, 4.69) is 175 Å². The number of hydrogen-bond acceptors (Lipinski definition) is 4. The molecule has 58 heavy (non-hydrogen) atoms. The summed E-state index contributed by atoms with van der Waals surface area (Å²) in [5.41, 5.74) is 14.8. The van der Waals surface area contributed by atoms with Gasteiger partial charge < -0.3 is 18.2 Å². The predicted octanol–water partition coefficient (Wildman–Crippen LogP) is 15.9. The van der Waals surface area contributed by atoms with Crippen LogP contribution in [-0.4, -0.2) is 0 Å². The normalized spacial score (nSPS) is 11.8. The van der Waals surface area contributed by atoms with Crippen molar-refractivity contribution in [2.24, 2.45) is 0 Å². The maximum atomic E-state index is 6.89. The molecule has 0 atom stereocenters. The number of fused-ring (bicyclic) bond motifs is 9. The van der Waals surface area contributed by atoms with Crippen LogP contribution < -0.4 is 4.90 Å². The van der Waals surface area contributed by atoms with Crippen molar-refractivity contribution in [2.75, 3.05) is 4.90 Å². The molecule has 0 fully saturated rings. The van der Waals surface area contributed by atoms with Crippen LogP contribution in [0.15, 0.2) is 213 Å². The van der Waals surface area contributed by atoms with Gasteiger partial charge >= 0.3 is 0 Å². The van der Waals surface area contributed by atoms with Crippen LogP contribution >= 0.6 is 0 Å².